The minimum atomic E-state index is 0.515. The van der Waals surface area contributed by atoms with Crippen molar-refractivity contribution in [3.63, 3.8) is 0 Å². The molecule has 1 aliphatic carbocycles. The maximum Gasteiger partial charge on any atom is 0.249 e. The van der Waals surface area contributed by atoms with Crippen molar-refractivity contribution in [2.45, 2.75) is 32.6 Å². The molecule has 0 saturated heterocycles. The molecule has 32 heavy (non-hydrogen) atoms. The molecule has 2 aromatic carbocycles. The van der Waals surface area contributed by atoms with Gasteiger partial charge in [0.05, 0.1) is 11.4 Å². The van der Waals surface area contributed by atoms with Gasteiger partial charge < -0.3 is 5.32 Å². The second-order valence-corrected chi connectivity index (χ2v) is 9.07. The van der Waals surface area contributed by atoms with Gasteiger partial charge in [0.2, 0.25) is 10.9 Å². The maximum absolute atomic E-state index is 4.63. The number of anilines is 2. The summed E-state index contributed by atoms with van der Waals surface area (Å²) in [6.07, 6.45) is 4.90. The zero-order valence-corrected chi connectivity index (χ0v) is 18.6. The number of aryl methyl sites for hydroxylation is 3. The Morgan fingerprint density at radius 1 is 0.875 bits per heavy atom. The van der Waals surface area contributed by atoms with Crippen LogP contribution in [0.15, 0.2) is 60.0 Å². The smallest absolute Gasteiger partial charge is 0.249 e. The van der Waals surface area contributed by atoms with E-state index in [0.717, 1.165) is 33.9 Å². The molecule has 7 heteroatoms. The second-order valence-electron chi connectivity index (χ2n) is 8.24. The van der Waals surface area contributed by atoms with Gasteiger partial charge in [-0.1, -0.05) is 42.0 Å². The summed E-state index contributed by atoms with van der Waals surface area (Å²) in [5, 5.41) is 18.7. The van der Waals surface area contributed by atoms with Crippen LogP contribution in [-0.2, 0) is 12.8 Å². The summed E-state index contributed by atoms with van der Waals surface area (Å²) < 4.78 is 1.87. The maximum atomic E-state index is 4.63. The fourth-order valence-corrected chi connectivity index (χ4v) is 5.05. The largest absolute Gasteiger partial charge is 0.306 e. The Balaban J connectivity index is 1.23. The van der Waals surface area contributed by atoms with Gasteiger partial charge in [0, 0.05) is 16.5 Å². The standard InChI is InChI=1S/C25H22N6S/c1-16-6-8-18(9-7-16)22-15-32-25-27-24(30-31(22)25)26-23-13-12-21(28-29-23)20-11-10-17-4-2-3-5-19(17)14-20/h6-15H,2-5H2,1H3,(H,26,29,30). The summed E-state index contributed by atoms with van der Waals surface area (Å²) in [7, 11) is 0. The number of hydrogen-bond acceptors (Lipinski definition) is 6. The number of rotatable bonds is 4. The zero-order valence-electron chi connectivity index (χ0n) is 17.7. The molecule has 0 radical (unpaired) electrons. The summed E-state index contributed by atoms with van der Waals surface area (Å²) >= 11 is 1.57. The summed E-state index contributed by atoms with van der Waals surface area (Å²) in [6, 6.07) is 19.0. The zero-order chi connectivity index (χ0) is 21.5. The Hall–Kier alpha value is -3.58. The van der Waals surface area contributed by atoms with Crippen LogP contribution < -0.4 is 5.32 Å². The summed E-state index contributed by atoms with van der Waals surface area (Å²) in [5.74, 6) is 1.14. The molecule has 6 rings (SSSR count). The normalized spacial score (nSPS) is 13.3. The lowest BCUT2D eigenvalue weighted by Gasteiger charge is -2.16. The molecule has 0 aliphatic heterocycles. The molecule has 5 aromatic rings. The van der Waals surface area contributed by atoms with E-state index in [-0.39, 0.29) is 0 Å². The van der Waals surface area contributed by atoms with Crippen molar-refractivity contribution in [1.29, 1.82) is 0 Å². The van der Waals surface area contributed by atoms with Gasteiger partial charge in [-0.25, -0.2) is 4.52 Å². The number of fused-ring (bicyclic) bond motifs is 2. The van der Waals surface area contributed by atoms with Gasteiger partial charge in [0.15, 0.2) is 5.82 Å². The van der Waals surface area contributed by atoms with Crippen LogP contribution in [-0.4, -0.2) is 24.8 Å². The molecule has 0 saturated carbocycles. The number of aromatic nitrogens is 5. The molecule has 158 valence electrons. The molecule has 0 unspecified atom stereocenters. The topological polar surface area (TPSA) is 68.0 Å². The molecule has 0 amide bonds. The third-order valence-electron chi connectivity index (χ3n) is 5.98. The third kappa shape index (κ3) is 3.54. The first-order chi connectivity index (χ1) is 15.7. The van der Waals surface area contributed by atoms with Gasteiger partial charge in [0.1, 0.15) is 0 Å². The lowest BCUT2D eigenvalue weighted by molar-refractivity contribution is 0.686. The molecule has 0 fully saturated rings. The van der Waals surface area contributed by atoms with Crippen molar-refractivity contribution in [2.24, 2.45) is 0 Å². The van der Waals surface area contributed by atoms with Crippen molar-refractivity contribution in [1.82, 2.24) is 24.8 Å². The van der Waals surface area contributed by atoms with Gasteiger partial charge in [-0.2, -0.15) is 4.98 Å². The molecule has 0 atom stereocenters. The van der Waals surface area contributed by atoms with E-state index < -0.39 is 0 Å². The Labute approximate surface area is 190 Å². The van der Waals surface area contributed by atoms with Gasteiger partial charge in [0.25, 0.3) is 0 Å². The van der Waals surface area contributed by atoms with Gasteiger partial charge >= 0.3 is 0 Å². The molecular weight excluding hydrogens is 416 g/mol. The van der Waals surface area contributed by atoms with Crippen molar-refractivity contribution >= 4 is 28.1 Å². The van der Waals surface area contributed by atoms with Crippen LogP contribution in [0.3, 0.4) is 0 Å². The molecule has 3 aromatic heterocycles. The van der Waals surface area contributed by atoms with E-state index in [1.165, 1.54) is 36.0 Å². The van der Waals surface area contributed by atoms with Crippen molar-refractivity contribution < 1.29 is 0 Å². The summed E-state index contributed by atoms with van der Waals surface area (Å²) in [5.41, 5.74) is 8.30. The molecule has 0 spiro atoms. The van der Waals surface area contributed by atoms with Crippen LogP contribution in [0.5, 0.6) is 0 Å². The number of nitrogens with one attached hydrogen (secondary N) is 1. The van der Waals surface area contributed by atoms with Gasteiger partial charge in [-0.15, -0.1) is 26.6 Å². The second kappa shape index (κ2) is 7.84. The van der Waals surface area contributed by atoms with Crippen molar-refractivity contribution in [3.05, 3.63) is 76.7 Å². The van der Waals surface area contributed by atoms with Crippen LogP contribution in [0, 0.1) is 6.92 Å². The Bertz CT molecular complexity index is 1400. The van der Waals surface area contributed by atoms with E-state index in [1.54, 1.807) is 11.3 Å². The van der Waals surface area contributed by atoms with Crippen molar-refractivity contribution in [2.75, 3.05) is 5.32 Å². The molecular formula is C25H22N6S. The van der Waals surface area contributed by atoms with Gasteiger partial charge in [-0.3, -0.25) is 0 Å². The minimum Gasteiger partial charge on any atom is -0.306 e. The average molecular weight is 439 g/mol. The number of nitrogens with zero attached hydrogens (tertiary/aromatic N) is 5. The number of hydrogen-bond donors (Lipinski definition) is 1. The fraction of sp³-hybridized carbons (Fsp3) is 0.200. The quantitative estimate of drug-likeness (QED) is 0.381. The monoisotopic (exact) mass is 438 g/mol. The van der Waals surface area contributed by atoms with Crippen LogP contribution in [0.4, 0.5) is 11.8 Å². The van der Waals surface area contributed by atoms with Crippen LogP contribution >= 0.6 is 11.3 Å². The van der Waals surface area contributed by atoms with E-state index in [0.29, 0.717) is 11.8 Å². The molecule has 0 bridgehead atoms. The van der Waals surface area contributed by atoms with E-state index in [9.17, 15) is 0 Å². The Morgan fingerprint density at radius 3 is 2.50 bits per heavy atom. The Morgan fingerprint density at radius 2 is 1.69 bits per heavy atom. The highest BCUT2D eigenvalue weighted by atomic mass is 32.1. The first kappa shape index (κ1) is 19.1. The third-order valence-corrected chi connectivity index (χ3v) is 6.79. The number of benzene rings is 2. The molecule has 1 aliphatic rings. The SMILES string of the molecule is Cc1ccc(-c2csc3nc(Nc4ccc(-c5ccc6c(c5)CCCC6)nn4)nn23)cc1. The van der Waals surface area contributed by atoms with E-state index in [2.05, 4.69) is 80.4 Å². The predicted molar refractivity (Wildman–Crippen MR) is 128 cm³/mol. The molecule has 3 heterocycles. The first-order valence-electron chi connectivity index (χ1n) is 10.9. The fourth-order valence-electron chi connectivity index (χ4n) is 4.22. The summed E-state index contributed by atoms with van der Waals surface area (Å²) in [4.78, 5) is 5.43. The van der Waals surface area contributed by atoms with Gasteiger partial charge in [-0.05, 0) is 61.9 Å². The molecule has 1 N–H and O–H groups in total. The summed E-state index contributed by atoms with van der Waals surface area (Å²) in [6.45, 7) is 2.09. The van der Waals surface area contributed by atoms with E-state index in [4.69, 9.17) is 0 Å². The lowest BCUT2D eigenvalue weighted by Crippen LogP contribution is -2.03. The van der Waals surface area contributed by atoms with Crippen LogP contribution in [0.1, 0.15) is 29.5 Å². The number of thiazole rings is 1. The van der Waals surface area contributed by atoms with Crippen molar-refractivity contribution in [3.8, 4) is 22.5 Å². The first-order valence-corrected chi connectivity index (χ1v) is 11.8. The van der Waals surface area contributed by atoms with Crippen LogP contribution in [0.2, 0.25) is 0 Å². The lowest BCUT2D eigenvalue weighted by atomic mass is 9.90. The highest BCUT2D eigenvalue weighted by Gasteiger charge is 2.13. The highest BCUT2D eigenvalue weighted by Crippen LogP contribution is 2.28. The Kier molecular flexibility index (Phi) is 4.69. The predicted octanol–water partition coefficient (Wildman–Crippen LogP) is 5.85. The van der Waals surface area contributed by atoms with Crippen LogP contribution in [0.25, 0.3) is 27.5 Å². The highest BCUT2D eigenvalue weighted by molar-refractivity contribution is 7.15. The average Bonchev–Trinajstić information content (AvgIpc) is 3.40. The van der Waals surface area contributed by atoms with E-state index >= 15 is 0 Å². The molecule has 6 nitrogen and oxygen atoms in total. The van der Waals surface area contributed by atoms with E-state index in [1.807, 2.05) is 16.6 Å². The minimum absolute atomic E-state index is 0.515.